The van der Waals surface area contributed by atoms with Crippen LogP contribution in [0.3, 0.4) is 0 Å². The van der Waals surface area contributed by atoms with Crippen molar-refractivity contribution in [1.82, 2.24) is 0 Å². The summed E-state index contributed by atoms with van der Waals surface area (Å²) in [6, 6.07) is 7.32. The van der Waals surface area contributed by atoms with Crippen LogP contribution in [-0.2, 0) is 9.68 Å². The van der Waals surface area contributed by atoms with Gasteiger partial charge in [0.1, 0.15) is 0 Å². The summed E-state index contributed by atoms with van der Waals surface area (Å²) < 4.78 is 0. The fourth-order valence-electron chi connectivity index (χ4n) is 1.40. The predicted octanol–water partition coefficient (Wildman–Crippen LogP) is 3.31. The number of carbonyl (C=O) groups is 1. The van der Waals surface area contributed by atoms with Gasteiger partial charge in [-0.1, -0.05) is 38.5 Å². The summed E-state index contributed by atoms with van der Waals surface area (Å²) in [5, 5.41) is 3.25. The molecule has 1 rings (SSSR count). The van der Waals surface area contributed by atoms with E-state index in [-0.39, 0.29) is 0 Å². The smallest absolute Gasteiger partial charge is 0.378 e. The number of nitrogens with one attached hydrogen (secondary N) is 1. The molecule has 4 nitrogen and oxygen atoms in total. The molecule has 0 aromatic heterocycles. The molecule has 0 aliphatic rings. The van der Waals surface area contributed by atoms with Crippen LogP contribution in [0.15, 0.2) is 36.9 Å². The minimum atomic E-state index is -0.615. The number of benzene rings is 1. The minimum Gasteiger partial charge on any atom is -0.382 e. The number of rotatable bonds is 8. The van der Waals surface area contributed by atoms with Gasteiger partial charge in [0.2, 0.25) is 5.75 Å². The third-order valence-corrected chi connectivity index (χ3v) is 2.36. The molecule has 0 saturated heterocycles. The second-order valence-corrected chi connectivity index (χ2v) is 3.82. The molecule has 1 aromatic carbocycles. The SMILES string of the molecule is C=CC(=O)OOc1ccccc1NCCCCC. The second kappa shape index (κ2) is 8.17. The van der Waals surface area contributed by atoms with Crippen LogP contribution in [0.25, 0.3) is 0 Å². The first-order chi connectivity index (χ1) is 8.77. The van der Waals surface area contributed by atoms with Crippen LogP contribution in [0.5, 0.6) is 5.75 Å². The molecule has 0 heterocycles. The van der Waals surface area contributed by atoms with Gasteiger partial charge in [0.05, 0.1) is 5.69 Å². The Kier molecular flexibility index (Phi) is 6.40. The summed E-state index contributed by atoms with van der Waals surface area (Å²) in [6.07, 6.45) is 4.51. The number of carbonyl (C=O) groups excluding carboxylic acids is 1. The van der Waals surface area contributed by atoms with E-state index in [9.17, 15) is 4.79 Å². The van der Waals surface area contributed by atoms with Crippen molar-refractivity contribution in [3.05, 3.63) is 36.9 Å². The average Bonchev–Trinajstić information content (AvgIpc) is 2.42. The molecule has 98 valence electrons. The largest absolute Gasteiger partial charge is 0.382 e. The maximum Gasteiger partial charge on any atom is 0.378 e. The Hall–Kier alpha value is -1.97. The number of para-hydroxylation sites is 2. The van der Waals surface area contributed by atoms with Gasteiger partial charge in [-0.2, -0.15) is 0 Å². The fraction of sp³-hybridized carbons (Fsp3) is 0.357. The van der Waals surface area contributed by atoms with Crippen LogP contribution in [-0.4, -0.2) is 12.5 Å². The molecule has 0 bridgehead atoms. The van der Waals surface area contributed by atoms with E-state index in [0.29, 0.717) is 5.75 Å². The highest BCUT2D eigenvalue weighted by atomic mass is 17.2. The summed E-state index contributed by atoms with van der Waals surface area (Å²) in [7, 11) is 0. The lowest BCUT2D eigenvalue weighted by Crippen LogP contribution is -2.07. The van der Waals surface area contributed by atoms with Crippen molar-refractivity contribution < 1.29 is 14.6 Å². The molecule has 0 atom stereocenters. The molecule has 0 aliphatic heterocycles. The van der Waals surface area contributed by atoms with Crippen LogP contribution in [0.4, 0.5) is 5.69 Å². The monoisotopic (exact) mass is 249 g/mol. The topological polar surface area (TPSA) is 47.6 Å². The molecule has 0 amide bonds. The Labute approximate surface area is 108 Å². The van der Waals surface area contributed by atoms with E-state index in [1.165, 1.54) is 12.8 Å². The molecule has 0 fully saturated rings. The molecule has 0 aliphatic carbocycles. The Bertz CT molecular complexity index is 390. The van der Waals surface area contributed by atoms with Crippen LogP contribution < -0.4 is 10.2 Å². The first-order valence-electron chi connectivity index (χ1n) is 6.11. The van der Waals surface area contributed by atoms with Crippen molar-refractivity contribution in [2.75, 3.05) is 11.9 Å². The van der Waals surface area contributed by atoms with Crippen molar-refractivity contribution in [2.24, 2.45) is 0 Å². The zero-order chi connectivity index (χ0) is 13.2. The Balaban J connectivity index is 2.50. The van der Waals surface area contributed by atoms with Crippen molar-refractivity contribution in [2.45, 2.75) is 26.2 Å². The molecular weight excluding hydrogens is 230 g/mol. The standard InChI is InChI=1S/C14H19NO3/c1-3-5-8-11-15-12-9-6-7-10-13(12)17-18-14(16)4-2/h4,6-7,9-10,15H,2-3,5,8,11H2,1H3. The van der Waals surface area contributed by atoms with E-state index < -0.39 is 5.97 Å². The van der Waals surface area contributed by atoms with Gasteiger partial charge in [-0.3, -0.25) is 4.89 Å². The Morgan fingerprint density at radius 1 is 1.39 bits per heavy atom. The van der Waals surface area contributed by atoms with Gasteiger partial charge in [0, 0.05) is 12.6 Å². The molecule has 4 heteroatoms. The molecular formula is C14H19NO3. The van der Waals surface area contributed by atoms with Gasteiger partial charge in [-0.25, -0.2) is 9.68 Å². The first kappa shape index (κ1) is 14.1. The minimum absolute atomic E-state index is 0.490. The van der Waals surface area contributed by atoms with Gasteiger partial charge >= 0.3 is 5.97 Å². The van der Waals surface area contributed by atoms with Crippen LogP contribution >= 0.6 is 0 Å². The summed E-state index contributed by atoms with van der Waals surface area (Å²) >= 11 is 0. The van der Waals surface area contributed by atoms with Gasteiger partial charge in [0.25, 0.3) is 0 Å². The predicted molar refractivity (Wildman–Crippen MR) is 71.4 cm³/mol. The summed E-state index contributed by atoms with van der Waals surface area (Å²) in [6.45, 7) is 6.32. The Morgan fingerprint density at radius 2 is 2.17 bits per heavy atom. The average molecular weight is 249 g/mol. The summed E-state index contributed by atoms with van der Waals surface area (Å²) in [5.74, 6) is -0.125. The van der Waals surface area contributed by atoms with Crippen molar-refractivity contribution in [3.8, 4) is 5.75 Å². The maximum atomic E-state index is 10.9. The number of unbranched alkanes of at least 4 members (excludes halogenated alkanes) is 2. The van der Waals surface area contributed by atoms with Gasteiger partial charge < -0.3 is 5.32 Å². The van der Waals surface area contributed by atoms with Gasteiger partial charge in [-0.05, 0) is 18.6 Å². The van der Waals surface area contributed by atoms with E-state index >= 15 is 0 Å². The highest BCUT2D eigenvalue weighted by Crippen LogP contribution is 2.23. The summed E-state index contributed by atoms with van der Waals surface area (Å²) in [4.78, 5) is 20.4. The zero-order valence-corrected chi connectivity index (χ0v) is 10.6. The van der Waals surface area contributed by atoms with E-state index in [4.69, 9.17) is 4.89 Å². The number of anilines is 1. The van der Waals surface area contributed by atoms with Crippen LogP contribution in [0, 0.1) is 0 Å². The third-order valence-electron chi connectivity index (χ3n) is 2.36. The maximum absolute atomic E-state index is 10.9. The number of hydrogen-bond acceptors (Lipinski definition) is 4. The highest BCUT2D eigenvalue weighted by Gasteiger charge is 2.05. The lowest BCUT2D eigenvalue weighted by atomic mass is 10.2. The van der Waals surface area contributed by atoms with Gasteiger partial charge in [-0.15, -0.1) is 0 Å². The molecule has 1 N–H and O–H groups in total. The molecule has 0 spiro atoms. The fourth-order valence-corrected chi connectivity index (χ4v) is 1.40. The molecule has 1 aromatic rings. The van der Waals surface area contributed by atoms with E-state index in [1.54, 1.807) is 6.07 Å². The van der Waals surface area contributed by atoms with E-state index in [0.717, 1.165) is 24.7 Å². The second-order valence-electron chi connectivity index (χ2n) is 3.82. The van der Waals surface area contributed by atoms with Crippen molar-refractivity contribution in [3.63, 3.8) is 0 Å². The number of hydrogen-bond donors (Lipinski definition) is 1. The third kappa shape index (κ3) is 4.91. The van der Waals surface area contributed by atoms with Crippen LogP contribution in [0.1, 0.15) is 26.2 Å². The lowest BCUT2D eigenvalue weighted by molar-refractivity contribution is -0.206. The Morgan fingerprint density at radius 3 is 2.89 bits per heavy atom. The van der Waals surface area contributed by atoms with E-state index in [2.05, 4.69) is 23.7 Å². The van der Waals surface area contributed by atoms with Crippen molar-refractivity contribution in [1.29, 1.82) is 0 Å². The lowest BCUT2D eigenvalue weighted by Gasteiger charge is -2.10. The molecule has 0 radical (unpaired) electrons. The van der Waals surface area contributed by atoms with Gasteiger partial charge in [0.15, 0.2) is 0 Å². The highest BCUT2D eigenvalue weighted by molar-refractivity contribution is 5.80. The quantitative estimate of drug-likeness (QED) is 0.332. The molecule has 0 unspecified atom stereocenters. The molecule has 0 saturated carbocycles. The normalized spacial score (nSPS) is 9.61. The zero-order valence-electron chi connectivity index (χ0n) is 10.6. The van der Waals surface area contributed by atoms with Crippen LogP contribution in [0.2, 0.25) is 0 Å². The van der Waals surface area contributed by atoms with Crippen molar-refractivity contribution >= 4 is 11.7 Å². The first-order valence-corrected chi connectivity index (χ1v) is 6.11. The summed E-state index contributed by atoms with van der Waals surface area (Å²) in [5.41, 5.74) is 0.811. The van der Waals surface area contributed by atoms with E-state index in [1.807, 2.05) is 18.2 Å². The molecule has 18 heavy (non-hydrogen) atoms.